The van der Waals surface area contributed by atoms with Crippen LogP contribution in [0.15, 0.2) is 24.3 Å². The van der Waals surface area contributed by atoms with Crippen LogP contribution in [0.2, 0.25) is 0 Å². The van der Waals surface area contributed by atoms with Gasteiger partial charge in [-0.05, 0) is 41.7 Å². The van der Waals surface area contributed by atoms with Crippen molar-refractivity contribution in [3.05, 3.63) is 35.4 Å². The topological polar surface area (TPSA) is 177 Å². The quantitative estimate of drug-likeness (QED) is 0.219. The van der Waals surface area contributed by atoms with Gasteiger partial charge in [-0.1, -0.05) is 57.9 Å². The molecule has 4 rings (SSSR count). The highest BCUT2D eigenvalue weighted by Crippen LogP contribution is 2.34. The number of rotatable bonds is 11. The number of hydrogen-bond acceptors (Lipinski definition) is 7. The normalized spacial score (nSPS) is 19.8. The van der Waals surface area contributed by atoms with Crippen LogP contribution in [0.25, 0.3) is 0 Å². The number of carbonyl (C=O) groups excluding carboxylic acids is 6. The molecule has 0 bridgehead atoms. The Morgan fingerprint density at radius 3 is 2.21 bits per heavy atom. The first-order valence-corrected chi connectivity index (χ1v) is 14.6. The van der Waals surface area contributed by atoms with Crippen molar-refractivity contribution >= 4 is 35.5 Å². The van der Waals surface area contributed by atoms with E-state index in [2.05, 4.69) is 16.0 Å². The van der Waals surface area contributed by atoms with Gasteiger partial charge in [0.1, 0.15) is 18.2 Å². The summed E-state index contributed by atoms with van der Waals surface area (Å²) < 4.78 is 5.77. The largest absolute Gasteiger partial charge is 0.460 e. The number of benzene rings is 1. The van der Waals surface area contributed by atoms with Gasteiger partial charge in [0.05, 0.1) is 12.6 Å². The maximum atomic E-state index is 13.1. The monoisotopic (exact) mass is 583 g/mol. The maximum absolute atomic E-state index is 13.1. The van der Waals surface area contributed by atoms with E-state index in [-0.39, 0.29) is 12.0 Å². The van der Waals surface area contributed by atoms with E-state index in [0.29, 0.717) is 38.6 Å². The summed E-state index contributed by atoms with van der Waals surface area (Å²) >= 11 is 0. The molecule has 1 heterocycles. The van der Waals surface area contributed by atoms with Crippen molar-refractivity contribution in [1.29, 1.82) is 0 Å². The van der Waals surface area contributed by atoms with Crippen LogP contribution in [0.5, 0.6) is 0 Å². The van der Waals surface area contributed by atoms with E-state index in [0.717, 1.165) is 24.0 Å². The Labute approximate surface area is 245 Å². The third-order valence-electron chi connectivity index (χ3n) is 8.09. The Balaban J connectivity index is 1.29. The molecule has 1 aromatic carbocycles. The van der Waals surface area contributed by atoms with Crippen LogP contribution in [-0.2, 0) is 41.6 Å². The molecule has 42 heavy (non-hydrogen) atoms. The van der Waals surface area contributed by atoms with Crippen LogP contribution in [0.3, 0.4) is 0 Å². The van der Waals surface area contributed by atoms with Gasteiger partial charge in [0.25, 0.3) is 5.91 Å². The van der Waals surface area contributed by atoms with E-state index in [9.17, 15) is 28.8 Å². The van der Waals surface area contributed by atoms with Crippen molar-refractivity contribution < 1.29 is 33.5 Å². The van der Waals surface area contributed by atoms with Gasteiger partial charge in [-0.25, -0.2) is 9.59 Å². The predicted molar refractivity (Wildman–Crippen MR) is 152 cm³/mol. The minimum Gasteiger partial charge on any atom is -0.460 e. The summed E-state index contributed by atoms with van der Waals surface area (Å²) in [5.41, 5.74) is 6.77. The van der Waals surface area contributed by atoms with Crippen LogP contribution >= 0.6 is 0 Å². The highest BCUT2D eigenvalue weighted by molar-refractivity contribution is 6.37. The summed E-state index contributed by atoms with van der Waals surface area (Å²) in [5.74, 6) is -3.28. The number of nitrogens with zero attached hydrogens (tertiary/aromatic N) is 1. The fourth-order valence-corrected chi connectivity index (χ4v) is 5.60. The lowest BCUT2D eigenvalue weighted by Crippen LogP contribution is -2.56. The second kappa shape index (κ2) is 12.9. The number of esters is 1. The number of hydrogen-bond donors (Lipinski definition) is 4. The van der Waals surface area contributed by atoms with Gasteiger partial charge < -0.3 is 31.3 Å². The Morgan fingerprint density at radius 2 is 1.64 bits per heavy atom. The number of fused-ring (bicyclic) bond motifs is 1. The second-order valence-corrected chi connectivity index (χ2v) is 12.6. The minimum absolute atomic E-state index is 0.256. The number of carbonyl (C=O) groups is 6. The van der Waals surface area contributed by atoms with Crippen LogP contribution in [0.4, 0.5) is 4.79 Å². The molecule has 1 aliphatic heterocycles. The van der Waals surface area contributed by atoms with Crippen LogP contribution in [-0.4, -0.2) is 77.7 Å². The Morgan fingerprint density at radius 1 is 1.00 bits per heavy atom. The Bertz CT molecular complexity index is 1210. The number of nitrogens with two attached hydrogens (primary N) is 1. The van der Waals surface area contributed by atoms with Gasteiger partial charge in [0.15, 0.2) is 0 Å². The summed E-state index contributed by atoms with van der Waals surface area (Å²) in [6.45, 7) is 5.32. The number of urea groups is 1. The molecule has 3 aliphatic rings. The number of likely N-dealkylation sites (tertiary alicyclic amines) is 1. The van der Waals surface area contributed by atoms with Crippen molar-refractivity contribution in [3.8, 4) is 0 Å². The lowest BCUT2D eigenvalue weighted by molar-refractivity contribution is -0.153. The fraction of sp³-hybridized carbons (Fsp3) is 0.600. The highest BCUT2D eigenvalue weighted by atomic mass is 16.5. The third-order valence-corrected chi connectivity index (χ3v) is 8.09. The number of amides is 5. The number of Topliss-reactive ketones (excluding diaryl/α,β-unsaturated/α-hetero) is 1. The molecule has 1 saturated carbocycles. The van der Waals surface area contributed by atoms with Crippen LogP contribution in [0, 0.1) is 11.3 Å². The van der Waals surface area contributed by atoms with Crippen molar-refractivity contribution in [1.82, 2.24) is 20.9 Å². The molecule has 0 aromatic heterocycles. The molecule has 0 radical (unpaired) electrons. The van der Waals surface area contributed by atoms with Gasteiger partial charge in [-0.2, -0.15) is 0 Å². The number of ketones is 1. The lowest BCUT2D eigenvalue weighted by Gasteiger charge is -2.31. The van der Waals surface area contributed by atoms with Gasteiger partial charge in [-0.15, -0.1) is 0 Å². The number of ether oxygens (including phenoxy) is 1. The molecular weight excluding hydrogens is 542 g/mol. The standard InChI is InChI=1S/C30H41N5O7/c1-30(2,3)25(28(40)42-20-14-18-7-4-5-8-19(18)15-20)34-29(41)32-16-23(36)35-12-6-9-22(35)27(39)33-21(13-17-10-11-17)24(37)26(31)38/h4-5,7-8,17,20-22,25H,6,9-16H2,1-3H3,(H2,31,38)(H,33,39)(H2,32,34,41). The molecule has 3 atom stereocenters. The molecule has 1 aromatic rings. The smallest absolute Gasteiger partial charge is 0.329 e. The van der Waals surface area contributed by atoms with Crippen LogP contribution < -0.4 is 21.7 Å². The van der Waals surface area contributed by atoms with Gasteiger partial charge in [0, 0.05) is 19.4 Å². The zero-order valence-electron chi connectivity index (χ0n) is 24.4. The molecule has 228 valence electrons. The highest BCUT2D eigenvalue weighted by Gasteiger charge is 2.39. The summed E-state index contributed by atoms with van der Waals surface area (Å²) in [5, 5.41) is 7.76. The van der Waals surface area contributed by atoms with E-state index >= 15 is 0 Å². The summed E-state index contributed by atoms with van der Waals surface area (Å²) in [7, 11) is 0. The average molecular weight is 584 g/mol. The van der Waals surface area contributed by atoms with Crippen LogP contribution in [0.1, 0.15) is 64.0 Å². The molecule has 5 amide bonds. The molecule has 5 N–H and O–H groups in total. The van der Waals surface area contributed by atoms with Crippen molar-refractivity contribution in [3.63, 3.8) is 0 Å². The zero-order chi connectivity index (χ0) is 30.6. The summed E-state index contributed by atoms with van der Waals surface area (Å²) in [6.07, 6.45) is 4.03. The van der Waals surface area contributed by atoms with E-state index < -0.39 is 65.6 Å². The minimum atomic E-state index is -1.11. The Hall–Kier alpha value is -3.96. The zero-order valence-corrected chi connectivity index (χ0v) is 24.4. The molecule has 2 aliphatic carbocycles. The van der Waals surface area contributed by atoms with Gasteiger partial charge in [-0.3, -0.25) is 19.2 Å². The molecule has 0 spiro atoms. The maximum Gasteiger partial charge on any atom is 0.329 e. The molecule has 2 fully saturated rings. The van der Waals surface area contributed by atoms with Gasteiger partial charge in [0.2, 0.25) is 17.6 Å². The first-order valence-electron chi connectivity index (χ1n) is 14.6. The molecule has 3 unspecified atom stereocenters. The fourth-order valence-electron chi connectivity index (χ4n) is 5.60. The van der Waals surface area contributed by atoms with Crippen molar-refractivity contribution in [2.45, 2.75) is 89.9 Å². The molecule has 12 nitrogen and oxygen atoms in total. The average Bonchev–Trinajstić information content (AvgIpc) is 3.43. The Kier molecular flexibility index (Phi) is 9.53. The predicted octanol–water partition coefficient (Wildman–Crippen LogP) is 0.741. The van der Waals surface area contributed by atoms with E-state index in [4.69, 9.17) is 10.5 Å². The molecule has 1 saturated heterocycles. The van der Waals surface area contributed by atoms with Crippen molar-refractivity contribution in [2.75, 3.05) is 13.1 Å². The second-order valence-electron chi connectivity index (χ2n) is 12.6. The molecule has 12 heteroatoms. The van der Waals surface area contributed by atoms with E-state index in [1.807, 2.05) is 24.3 Å². The van der Waals surface area contributed by atoms with Crippen molar-refractivity contribution in [2.24, 2.45) is 17.1 Å². The SMILES string of the molecule is CC(C)(C)C(NC(=O)NCC(=O)N1CCCC1C(=O)NC(CC1CC1)C(=O)C(N)=O)C(=O)OC1Cc2ccccc2C1. The first kappa shape index (κ1) is 31.0. The summed E-state index contributed by atoms with van der Waals surface area (Å²) in [4.78, 5) is 77.0. The lowest BCUT2D eigenvalue weighted by atomic mass is 9.87. The van der Waals surface area contributed by atoms with E-state index in [1.165, 1.54) is 4.90 Å². The first-order chi connectivity index (χ1) is 19.8. The third kappa shape index (κ3) is 7.86. The summed E-state index contributed by atoms with van der Waals surface area (Å²) in [6, 6.07) is 4.38. The number of primary amides is 1. The van der Waals surface area contributed by atoms with E-state index in [1.54, 1.807) is 20.8 Å². The molecular formula is C30H41N5O7. The number of nitrogens with one attached hydrogen (secondary N) is 3. The van der Waals surface area contributed by atoms with Gasteiger partial charge >= 0.3 is 12.0 Å².